The van der Waals surface area contributed by atoms with Gasteiger partial charge in [0.1, 0.15) is 0 Å². The highest BCUT2D eigenvalue weighted by Gasteiger charge is 2.39. The van der Waals surface area contributed by atoms with Gasteiger partial charge in [0.15, 0.2) is 0 Å². The van der Waals surface area contributed by atoms with Crippen LogP contribution in [0.25, 0.3) is 0 Å². The Morgan fingerprint density at radius 2 is 2.00 bits per heavy atom. The fourth-order valence-electron chi connectivity index (χ4n) is 4.50. The number of carbonyl (C=O) groups is 3. The van der Waals surface area contributed by atoms with Crippen LogP contribution in [0.5, 0.6) is 0 Å². The molecular weight excluding hydrogens is 517 g/mol. The molecule has 2 aliphatic heterocycles. The van der Waals surface area contributed by atoms with Gasteiger partial charge in [-0.3, -0.25) is 9.80 Å². The lowest BCUT2D eigenvalue weighted by atomic mass is 9.94. The van der Waals surface area contributed by atoms with Crippen LogP contribution in [0.15, 0.2) is 42.1 Å². The second-order valence-corrected chi connectivity index (χ2v) is 10.1. The van der Waals surface area contributed by atoms with Crippen molar-refractivity contribution < 1.29 is 19.1 Å². The maximum Gasteiger partial charge on any atom is 0.338 e. The molecule has 9 nitrogen and oxygen atoms in total. The van der Waals surface area contributed by atoms with Gasteiger partial charge in [0, 0.05) is 61.1 Å². The Morgan fingerprint density at radius 3 is 2.65 bits per heavy atom. The largest absolute Gasteiger partial charge is 0.463 e. The first kappa shape index (κ1) is 28.8. The number of hydrogen-bond acceptors (Lipinski definition) is 5. The molecule has 0 aromatic heterocycles. The van der Waals surface area contributed by atoms with E-state index in [1.807, 2.05) is 13.8 Å². The highest BCUT2D eigenvalue weighted by molar-refractivity contribution is 6.35. The molecule has 2 heterocycles. The molecule has 0 aliphatic carbocycles. The lowest BCUT2D eigenvalue weighted by molar-refractivity contribution is -0.139. The van der Waals surface area contributed by atoms with E-state index in [-0.39, 0.29) is 31.3 Å². The summed E-state index contributed by atoms with van der Waals surface area (Å²) in [6.45, 7) is 12.5. The van der Waals surface area contributed by atoms with Crippen LogP contribution in [0, 0.1) is 0 Å². The van der Waals surface area contributed by atoms with Crippen LogP contribution in [0.4, 0.5) is 9.59 Å². The summed E-state index contributed by atoms with van der Waals surface area (Å²) in [7, 11) is 0. The first-order chi connectivity index (χ1) is 17.7. The highest BCUT2D eigenvalue weighted by atomic mass is 35.5. The molecule has 0 saturated carbocycles. The van der Waals surface area contributed by atoms with E-state index in [9.17, 15) is 14.4 Å². The van der Waals surface area contributed by atoms with E-state index >= 15 is 0 Å². The van der Waals surface area contributed by atoms with Crippen LogP contribution in [0.2, 0.25) is 10.0 Å². The number of rotatable bonds is 8. The predicted octanol–water partition coefficient (Wildman–Crippen LogP) is 4.19. The highest BCUT2D eigenvalue weighted by Crippen LogP contribution is 2.36. The van der Waals surface area contributed by atoms with E-state index < -0.39 is 12.0 Å². The zero-order valence-electron chi connectivity index (χ0n) is 21.6. The van der Waals surface area contributed by atoms with Crippen LogP contribution < -0.4 is 10.6 Å². The van der Waals surface area contributed by atoms with Crippen molar-refractivity contribution in [3.63, 3.8) is 0 Å². The molecule has 1 aromatic carbocycles. The standard InChI is InChI=1S/C26H35Cl2N5O4/c1-5-10-33-21(16-31-11-7-12-32(14-13-31)25(35)29-17(3)4)22(24(34)37-6-2)23(30-26(33)36)19-9-8-18(27)15-20(19)28/h5,8-9,15,17,23H,1,6-7,10-14,16H2,2-4H3,(H,29,35)(H,30,36)/t23-/m0/s1. The number of urea groups is 2. The number of ether oxygens (including phenoxy) is 1. The van der Waals surface area contributed by atoms with Crippen LogP contribution >= 0.6 is 23.2 Å². The minimum absolute atomic E-state index is 0.0500. The lowest BCUT2D eigenvalue weighted by Crippen LogP contribution is -2.51. The smallest absolute Gasteiger partial charge is 0.338 e. The van der Waals surface area contributed by atoms with Crippen molar-refractivity contribution in [2.75, 3.05) is 45.9 Å². The number of nitrogens with zero attached hydrogens (tertiary/aromatic N) is 3. The van der Waals surface area contributed by atoms with Crippen molar-refractivity contribution >= 4 is 41.2 Å². The summed E-state index contributed by atoms with van der Waals surface area (Å²) >= 11 is 12.6. The van der Waals surface area contributed by atoms with E-state index in [0.29, 0.717) is 59.6 Å². The SMILES string of the molecule is C=CCN1C(=O)N[C@@H](c2ccc(Cl)cc2Cl)C(C(=O)OCC)=C1CN1CCCN(C(=O)NC(C)C)CC1. The van der Waals surface area contributed by atoms with Crippen LogP contribution in [0.1, 0.15) is 38.8 Å². The molecule has 0 bridgehead atoms. The molecule has 202 valence electrons. The van der Waals surface area contributed by atoms with Gasteiger partial charge in [0.05, 0.1) is 18.2 Å². The summed E-state index contributed by atoms with van der Waals surface area (Å²) in [6, 6.07) is 3.72. The number of hydrogen-bond donors (Lipinski definition) is 2. The molecule has 11 heteroatoms. The molecular formula is C26H35Cl2N5O4. The van der Waals surface area contributed by atoms with Crippen molar-refractivity contribution in [2.45, 2.75) is 39.3 Å². The second kappa shape index (κ2) is 13.2. The van der Waals surface area contributed by atoms with Crippen LogP contribution in [-0.2, 0) is 9.53 Å². The van der Waals surface area contributed by atoms with Gasteiger partial charge in [-0.05, 0) is 44.9 Å². The predicted molar refractivity (Wildman–Crippen MR) is 145 cm³/mol. The van der Waals surface area contributed by atoms with Crippen LogP contribution in [0.3, 0.4) is 0 Å². The third-order valence-corrected chi connectivity index (χ3v) is 6.74. The molecule has 37 heavy (non-hydrogen) atoms. The summed E-state index contributed by atoms with van der Waals surface area (Å²) in [6.07, 6.45) is 2.37. The Balaban J connectivity index is 1.99. The number of esters is 1. The topological polar surface area (TPSA) is 94.2 Å². The summed E-state index contributed by atoms with van der Waals surface area (Å²) in [5.74, 6) is -0.532. The van der Waals surface area contributed by atoms with Gasteiger partial charge in [-0.15, -0.1) is 6.58 Å². The van der Waals surface area contributed by atoms with Gasteiger partial charge in [0.25, 0.3) is 0 Å². The second-order valence-electron chi connectivity index (χ2n) is 9.25. The number of carbonyl (C=O) groups excluding carboxylic acids is 3. The normalized spacial score (nSPS) is 19.0. The maximum atomic E-state index is 13.3. The molecule has 2 N–H and O–H groups in total. The summed E-state index contributed by atoms with van der Waals surface area (Å²) in [4.78, 5) is 44.6. The Kier molecular flexibility index (Phi) is 10.3. The molecule has 1 saturated heterocycles. The van der Waals surface area contributed by atoms with Crippen molar-refractivity contribution in [3.05, 3.63) is 57.7 Å². The number of amides is 4. The fraction of sp³-hybridized carbons (Fsp3) is 0.500. The molecule has 0 radical (unpaired) electrons. The molecule has 0 spiro atoms. The van der Waals surface area contributed by atoms with Gasteiger partial charge in [-0.1, -0.05) is 35.3 Å². The number of nitrogens with one attached hydrogen (secondary N) is 2. The zero-order chi connectivity index (χ0) is 27.1. The number of halogens is 2. The van der Waals surface area contributed by atoms with Gasteiger partial charge >= 0.3 is 18.0 Å². The van der Waals surface area contributed by atoms with Gasteiger partial charge in [0.2, 0.25) is 0 Å². The van der Waals surface area contributed by atoms with E-state index in [1.54, 1.807) is 36.1 Å². The first-order valence-electron chi connectivity index (χ1n) is 12.5. The Labute approximate surface area is 228 Å². The van der Waals surface area contributed by atoms with Crippen molar-refractivity contribution in [3.8, 4) is 0 Å². The minimum Gasteiger partial charge on any atom is -0.463 e. The zero-order valence-corrected chi connectivity index (χ0v) is 23.1. The quantitative estimate of drug-likeness (QED) is 0.373. The third-order valence-electron chi connectivity index (χ3n) is 6.18. The minimum atomic E-state index is -0.812. The van der Waals surface area contributed by atoms with Gasteiger partial charge in [-0.2, -0.15) is 0 Å². The van der Waals surface area contributed by atoms with E-state index in [2.05, 4.69) is 22.1 Å². The average molecular weight is 553 g/mol. The summed E-state index contributed by atoms with van der Waals surface area (Å²) in [5, 5.41) is 6.63. The van der Waals surface area contributed by atoms with Crippen molar-refractivity contribution in [2.24, 2.45) is 0 Å². The van der Waals surface area contributed by atoms with Gasteiger partial charge in [-0.25, -0.2) is 14.4 Å². The fourth-order valence-corrected chi connectivity index (χ4v) is 5.01. The summed E-state index contributed by atoms with van der Waals surface area (Å²) in [5.41, 5.74) is 1.38. The molecule has 4 amide bonds. The monoisotopic (exact) mass is 551 g/mol. The summed E-state index contributed by atoms with van der Waals surface area (Å²) < 4.78 is 5.44. The first-order valence-corrected chi connectivity index (χ1v) is 13.2. The maximum absolute atomic E-state index is 13.3. The van der Waals surface area contributed by atoms with Crippen molar-refractivity contribution in [1.82, 2.24) is 25.3 Å². The van der Waals surface area contributed by atoms with E-state index in [4.69, 9.17) is 27.9 Å². The van der Waals surface area contributed by atoms with E-state index in [1.165, 1.54) is 4.90 Å². The van der Waals surface area contributed by atoms with E-state index in [0.717, 1.165) is 6.42 Å². The molecule has 1 atom stereocenters. The Hall–Kier alpha value is -2.75. The van der Waals surface area contributed by atoms with Crippen molar-refractivity contribution in [1.29, 1.82) is 0 Å². The Morgan fingerprint density at radius 1 is 1.24 bits per heavy atom. The molecule has 1 fully saturated rings. The third kappa shape index (κ3) is 7.18. The van der Waals surface area contributed by atoms with Crippen LogP contribution in [-0.4, -0.2) is 84.6 Å². The van der Waals surface area contributed by atoms with Gasteiger partial charge < -0.3 is 20.3 Å². The lowest BCUT2D eigenvalue weighted by Gasteiger charge is -2.38. The average Bonchev–Trinajstić information content (AvgIpc) is 3.06. The molecule has 1 aromatic rings. The number of benzene rings is 1. The Bertz CT molecular complexity index is 1060. The molecule has 3 rings (SSSR count). The molecule has 0 unspecified atom stereocenters. The molecule has 2 aliphatic rings.